The minimum atomic E-state index is -1.22. The molecule has 0 fully saturated rings. The largest absolute Gasteiger partial charge is 0.642 e. The minimum absolute atomic E-state index is 1.18. The normalized spacial score (nSPS) is 11.2. The maximum Gasteiger partial charge on any atom is 0.546 e. The van der Waals surface area contributed by atoms with Crippen LogP contribution in [0.25, 0.3) is 0 Å². The van der Waals surface area contributed by atoms with Gasteiger partial charge < -0.3 is 3.79 Å². The van der Waals surface area contributed by atoms with Gasteiger partial charge in [-0.2, -0.15) is 0 Å². The fourth-order valence-electron chi connectivity index (χ4n) is 4.92. The molecule has 1 aromatic rings. The summed E-state index contributed by atoms with van der Waals surface area (Å²) in [5.41, 5.74) is 4.43. The van der Waals surface area contributed by atoms with Crippen molar-refractivity contribution in [2.75, 3.05) is 0 Å². The number of hydrogen-bond acceptors (Lipinski definition) is 1. The molecule has 0 amide bonds. The van der Waals surface area contributed by atoms with E-state index in [9.17, 15) is 0 Å². The standard InChI is InChI=1S/C15H24O.2C8H17.Al/c1-4-6-8-13-10-12(3)11-14(15(13)16)9-7-5-2;2*1-3-5-7-8-6-4-2;/h10-11,16H,4-9H2,1-3H3;2*1,3-8H2,2H3;/q;;;+1/p-1. The summed E-state index contributed by atoms with van der Waals surface area (Å²) in [4.78, 5) is 0. The first-order valence-corrected chi connectivity index (χ1v) is 17.1. The Kier molecular flexibility index (Phi) is 19.4. The molecule has 0 radical (unpaired) electrons. The van der Waals surface area contributed by atoms with Crippen molar-refractivity contribution in [1.29, 1.82) is 0 Å². The molecular weight excluding hydrogens is 415 g/mol. The third-order valence-corrected chi connectivity index (χ3v) is 9.70. The topological polar surface area (TPSA) is 9.23 Å². The summed E-state index contributed by atoms with van der Waals surface area (Å²) in [6, 6.07) is 4.86. The van der Waals surface area contributed by atoms with Crippen LogP contribution in [-0.2, 0) is 12.8 Å². The molecule has 0 heterocycles. The first-order valence-electron chi connectivity index (χ1n) is 14.9. The van der Waals surface area contributed by atoms with Crippen molar-refractivity contribution in [3.8, 4) is 5.75 Å². The average Bonchev–Trinajstić information content (AvgIpc) is 2.81. The van der Waals surface area contributed by atoms with Crippen LogP contribution in [0.5, 0.6) is 5.75 Å². The second-order valence-electron chi connectivity index (χ2n) is 10.5. The van der Waals surface area contributed by atoms with Crippen molar-refractivity contribution in [1.82, 2.24) is 0 Å². The van der Waals surface area contributed by atoms with Crippen molar-refractivity contribution < 1.29 is 3.79 Å². The summed E-state index contributed by atoms with van der Waals surface area (Å²) in [7, 11) is 0. The number of hydrogen-bond donors (Lipinski definition) is 0. The zero-order chi connectivity index (χ0) is 24.2. The summed E-state index contributed by atoms with van der Waals surface area (Å²) in [5.74, 6) is 1.33. The monoisotopic (exact) mass is 472 g/mol. The van der Waals surface area contributed by atoms with Crippen LogP contribution in [0.1, 0.15) is 147 Å². The number of benzene rings is 1. The second-order valence-corrected chi connectivity index (χ2v) is 13.1. The molecule has 190 valence electrons. The summed E-state index contributed by atoms with van der Waals surface area (Å²) in [5, 5.41) is 2.74. The van der Waals surface area contributed by atoms with E-state index >= 15 is 0 Å². The molecule has 1 rings (SSSR count). The van der Waals surface area contributed by atoms with E-state index in [1.807, 2.05) is 0 Å². The predicted molar refractivity (Wildman–Crippen MR) is 151 cm³/mol. The smallest absolute Gasteiger partial charge is 0.546 e. The van der Waals surface area contributed by atoms with Gasteiger partial charge in [-0.3, -0.25) is 0 Å². The molecule has 0 spiro atoms. The first kappa shape index (κ1) is 30.6. The Hall–Kier alpha value is -0.448. The molecular formula is C31H57AlO. The highest BCUT2D eigenvalue weighted by Gasteiger charge is 2.25. The SMILES string of the molecule is CCCCCCC[CH2][Al]([CH2]CCCCCCC)[O]c1c(CCCC)cc(C)cc1CCCC. The van der Waals surface area contributed by atoms with E-state index in [2.05, 4.69) is 46.8 Å². The number of unbranched alkanes of at least 4 members (excludes halogenated alkanes) is 12. The van der Waals surface area contributed by atoms with Gasteiger partial charge in [0.1, 0.15) is 0 Å². The molecule has 0 N–H and O–H groups in total. The van der Waals surface area contributed by atoms with E-state index in [1.165, 1.54) is 149 Å². The highest BCUT2D eigenvalue weighted by molar-refractivity contribution is 6.52. The van der Waals surface area contributed by atoms with E-state index in [1.54, 1.807) is 0 Å². The van der Waals surface area contributed by atoms with Crippen molar-refractivity contribution in [2.24, 2.45) is 0 Å². The minimum Gasteiger partial charge on any atom is -0.642 e. The lowest BCUT2D eigenvalue weighted by Crippen LogP contribution is -2.23. The van der Waals surface area contributed by atoms with E-state index in [0.29, 0.717) is 0 Å². The van der Waals surface area contributed by atoms with Crippen molar-refractivity contribution in [3.05, 3.63) is 28.8 Å². The molecule has 0 atom stereocenters. The highest BCUT2D eigenvalue weighted by Crippen LogP contribution is 2.31. The molecule has 2 heteroatoms. The van der Waals surface area contributed by atoms with Crippen molar-refractivity contribution in [2.45, 2.75) is 161 Å². The molecule has 0 unspecified atom stereocenters. The molecule has 0 saturated heterocycles. The lowest BCUT2D eigenvalue weighted by molar-refractivity contribution is 0.524. The van der Waals surface area contributed by atoms with Crippen LogP contribution in [0.3, 0.4) is 0 Å². The second kappa shape index (κ2) is 20.9. The van der Waals surface area contributed by atoms with Gasteiger partial charge in [0.05, 0.1) is 5.75 Å². The summed E-state index contributed by atoms with van der Waals surface area (Å²) in [6.07, 6.45) is 24.2. The van der Waals surface area contributed by atoms with Gasteiger partial charge in [0.15, 0.2) is 0 Å². The molecule has 0 aliphatic carbocycles. The van der Waals surface area contributed by atoms with E-state index in [4.69, 9.17) is 3.79 Å². The summed E-state index contributed by atoms with van der Waals surface area (Å²) in [6.45, 7) is 11.5. The Bertz CT molecular complexity index is 537. The average molecular weight is 473 g/mol. The predicted octanol–water partition coefficient (Wildman–Crippen LogP) is 10.8. The van der Waals surface area contributed by atoms with Gasteiger partial charge in [0, 0.05) is 0 Å². The highest BCUT2D eigenvalue weighted by atomic mass is 27.2. The van der Waals surface area contributed by atoms with Gasteiger partial charge in [0.25, 0.3) is 0 Å². The van der Waals surface area contributed by atoms with E-state index in [0.717, 1.165) is 0 Å². The maximum absolute atomic E-state index is 7.12. The van der Waals surface area contributed by atoms with Crippen LogP contribution >= 0.6 is 0 Å². The molecule has 0 aliphatic heterocycles. The molecule has 0 aliphatic rings. The van der Waals surface area contributed by atoms with Crippen LogP contribution in [0.15, 0.2) is 12.1 Å². The van der Waals surface area contributed by atoms with Crippen LogP contribution in [0.2, 0.25) is 10.6 Å². The zero-order valence-electron chi connectivity index (χ0n) is 23.3. The van der Waals surface area contributed by atoms with E-state index in [-0.39, 0.29) is 0 Å². The lowest BCUT2D eigenvalue weighted by atomic mass is 9.97. The Labute approximate surface area is 213 Å². The molecule has 0 saturated carbocycles. The third kappa shape index (κ3) is 14.5. The molecule has 1 nitrogen and oxygen atoms in total. The quantitative estimate of drug-likeness (QED) is 0.120. The lowest BCUT2D eigenvalue weighted by Gasteiger charge is -2.23. The molecule has 33 heavy (non-hydrogen) atoms. The van der Waals surface area contributed by atoms with Gasteiger partial charge in [-0.05, 0) is 43.7 Å². The Balaban J connectivity index is 2.86. The van der Waals surface area contributed by atoms with Crippen LogP contribution in [0.4, 0.5) is 0 Å². The van der Waals surface area contributed by atoms with Gasteiger partial charge >= 0.3 is 14.5 Å². The molecule has 0 aromatic heterocycles. The van der Waals surface area contributed by atoms with Gasteiger partial charge in [0.2, 0.25) is 0 Å². The fourth-order valence-corrected chi connectivity index (χ4v) is 7.57. The van der Waals surface area contributed by atoms with Gasteiger partial charge in [-0.25, -0.2) is 0 Å². The van der Waals surface area contributed by atoms with E-state index < -0.39 is 14.5 Å². The number of aryl methyl sites for hydroxylation is 3. The molecule has 1 aromatic carbocycles. The number of rotatable bonds is 22. The Morgan fingerprint density at radius 2 is 0.939 bits per heavy atom. The maximum atomic E-state index is 7.12. The van der Waals surface area contributed by atoms with Crippen molar-refractivity contribution >= 4 is 14.5 Å². The Morgan fingerprint density at radius 1 is 0.545 bits per heavy atom. The summed E-state index contributed by atoms with van der Waals surface area (Å²) < 4.78 is 7.12. The fraction of sp³-hybridized carbons (Fsp3) is 0.806. The van der Waals surface area contributed by atoms with Gasteiger partial charge in [-0.15, -0.1) is 0 Å². The first-order chi connectivity index (χ1) is 16.2. The third-order valence-electron chi connectivity index (χ3n) is 7.03. The zero-order valence-corrected chi connectivity index (χ0v) is 24.4. The van der Waals surface area contributed by atoms with Crippen molar-refractivity contribution in [3.63, 3.8) is 0 Å². The van der Waals surface area contributed by atoms with Crippen LogP contribution in [-0.4, -0.2) is 14.5 Å². The summed E-state index contributed by atoms with van der Waals surface area (Å²) >= 11 is -1.22. The van der Waals surface area contributed by atoms with Gasteiger partial charge in [-0.1, -0.05) is 146 Å². The molecule has 0 bridgehead atoms. The van der Waals surface area contributed by atoms with Crippen LogP contribution < -0.4 is 3.79 Å². The van der Waals surface area contributed by atoms with Crippen LogP contribution in [0, 0.1) is 6.92 Å². The Morgan fingerprint density at radius 3 is 1.36 bits per heavy atom.